The van der Waals surface area contributed by atoms with Gasteiger partial charge < -0.3 is 46.7 Å². The van der Waals surface area contributed by atoms with E-state index in [0.29, 0.717) is 11.4 Å². The summed E-state index contributed by atoms with van der Waals surface area (Å²) in [6.07, 6.45) is -1.37. The van der Waals surface area contributed by atoms with Gasteiger partial charge in [0.2, 0.25) is 11.9 Å². The van der Waals surface area contributed by atoms with Crippen molar-refractivity contribution in [1.82, 2.24) is 30.6 Å². The molecule has 2 aromatic heterocycles. The van der Waals surface area contributed by atoms with Crippen molar-refractivity contribution in [3.05, 3.63) is 52.1 Å². The fourth-order valence-corrected chi connectivity index (χ4v) is 3.81. The molecule has 2 amide bonds. The van der Waals surface area contributed by atoms with Crippen LogP contribution in [0.25, 0.3) is 11.2 Å². The first kappa shape index (κ1) is 39.0. The summed E-state index contributed by atoms with van der Waals surface area (Å²) >= 11 is 0. The van der Waals surface area contributed by atoms with Gasteiger partial charge in [-0.15, -0.1) is 0 Å². The van der Waals surface area contributed by atoms with Crippen LogP contribution in [0.15, 0.2) is 35.3 Å². The monoisotopic (exact) mass is 684 g/mol. The van der Waals surface area contributed by atoms with Crippen LogP contribution in [0, 0.1) is 5.41 Å². The zero-order valence-electron chi connectivity index (χ0n) is 24.9. The molecule has 0 aliphatic heterocycles. The van der Waals surface area contributed by atoms with E-state index in [4.69, 9.17) is 5.73 Å². The number of esters is 2. The molecule has 0 fully saturated rings. The number of aliphatic hydroxyl groups excluding tert-OH is 2. The predicted octanol–water partition coefficient (Wildman–Crippen LogP) is -2.09. The van der Waals surface area contributed by atoms with Crippen LogP contribution >= 0.6 is 0 Å². The van der Waals surface area contributed by atoms with Gasteiger partial charge >= 0.3 is 61.2 Å². The Kier molecular flexibility index (Phi) is 14.6. The van der Waals surface area contributed by atoms with Crippen molar-refractivity contribution in [1.29, 1.82) is 0 Å². The molecule has 2 heterocycles. The van der Waals surface area contributed by atoms with Crippen LogP contribution in [0.5, 0.6) is 0 Å². The number of ether oxygens (including phenoxy) is 1. The van der Waals surface area contributed by atoms with Crippen LogP contribution in [0.4, 0.5) is 11.6 Å². The number of benzene rings is 1. The van der Waals surface area contributed by atoms with Crippen molar-refractivity contribution in [2.24, 2.45) is 5.41 Å². The zero-order valence-corrected chi connectivity index (χ0v) is 24.9. The fraction of sp³-hybridized carbons (Fsp3) is 0.393. The van der Waals surface area contributed by atoms with Gasteiger partial charge in [0.25, 0.3) is 5.91 Å². The molecule has 0 radical (unpaired) electrons. The molecule has 3 aromatic rings. The Balaban J connectivity index is 0.00000768. The van der Waals surface area contributed by atoms with Crippen LogP contribution in [0.1, 0.15) is 49.2 Å². The molecule has 1 aromatic carbocycles. The van der Waals surface area contributed by atoms with Crippen molar-refractivity contribution >= 4 is 90.3 Å². The molecule has 47 heavy (non-hydrogen) atoms. The second kappa shape index (κ2) is 17.6. The van der Waals surface area contributed by atoms with Gasteiger partial charge in [0.15, 0.2) is 11.2 Å². The Morgan fingerprint density at radius 3 is 2.36 bits per heavy atom. The van der Waals surface area contributed by atoms with Crippen molar-refractivity contribution in [2.75, 3.05) is 24.2 Å². The number of H-pyrrole nitrogens is 1. The molecule has 3 rings (SSSR count). The van der Waals surface area contributed by atoms with Crippen molar-refractivity contribution in [3.8, 4) is 0 Å². The second-order valence-corrected chi connectivity index (χ2v) is 10.8. The molecule has 19 heteroatoms. The third-order valence-corrected chi connectivity index (χ3v) is 6.61. The number of aliphatic carboxylic acids is 1. The normalized spacial score (nSPS) is 12.3. The van der Waals surface area contributed by atoms with Crippen LogP contribution in [-0.2, 0) is 30.5 Å². The number of aliphatic hydroxyl groups is 2. The number of aromatic nitrogens is 4. The van der Waals surface area contributed by atoms with Gasteiger partial charge in [0, 0.05) is 29.6 Å². The molecule has 0 saturated heterocycles. The molecule has 2 atom stereocenters. The summed E-state index contributed by atoms with van der Waals surface area (Å²) in [5.41, 5.74) is 5.13. The van der Waals surface area contributed by atoms with Gasteiger partial charge in [0.05, 0.1) is 31.5 Å². The predicted molar refractivity (Wildman–Crippen MR) is 168 cm³/mol. The standard InChI is InChI=1S/C28H34N8O10.Ca.2H/c1-28(2,13-37)21(40)25(43)30-10-9-19(39)46-18(38)8-7-17(26(44)45)34-23(41)14-3-5-15(6-4-14)31-11-16-12-32-22-20(33-16)24(42)36-27(29)35-22;;;/h3-6,12,17,21,31,37,40H,7-11,13H2,1-2H3,(H,30,43)(H,34,41)(H,44,45)(H3,29,32,35,36,42);;;/t17-,21-;;;/m0.../s1. The van der Waals surface area contributed by atoms with Gasteiger partial charge in [0.1, 0.15) is 12.1 Å². The number of nitrogens with one attached hydrogen (secondary N) is 4. The summed E-state index contributed by atoms with van der Waals surface area (Å²) in [5, 5.41) is 36.3. The zero-order chi connectivity index (χ0) is 34.0. The number of fused-ring (bicyclic) bond motifs is 1. The third kappa shape index (κ3) is 11.5. The maximum absolute atomic E-state index is 12.7. The Morgan fingerprint density at radius 1 is 1.06 bits per heavy atom. The first-order chi connectivity index (χ1) is 21.7. The SMILES string of the molecule is CC(C)(CO)[C@@H](O)C(=O)NCCC(=O)OC(=O)CC[C@H](NC(=O)c1ccc(NCc2cnc3[nH]c(N)nc(=O)c3n2)cc1)C(=O)O.[CaH2]. The number of anilines is 2. The average molecular weight is 685 g/mol. The van der Waals surface area contributed by atoms with E-state index in [1.165, 1.54) is 32.2 Å². The van der Waals surface area contributed by atoms with E-state index in [1.54, 1.807) is 12.1 Å². The molecule has 0 aliphatic carbocycles. The number of amides is 2. The van der Waals surface area contributed by atoms with Gasteiger partial charge in [-0.1, -0.05) is 13.8 Å². The number of carboxylic acids is 1. The quantitative estimate of drug-likeness (QED) is 0.0484. The summed E-state index contributed by atoms with van der Waals surface area (Å²) in [7, 11) is 0. The number of hydrogen-bond donors (Lipinski definition) is 8. The number of rotatable bonds is 15. The first-order valence-electron chi connectivity index (χ1n) is 13.9. The number of aromatic amines is 1. The van der Waals surface area contributed by atoms with Crippen molar-refractivity contribution in [3.63, 3.8) is 0 Å². The molecule has 9 N–H and O–H groups in total. The van der Waals surface area contributed by atoms with Crippen LogP contribution < -0.4 is 27.2 Å². The molecule has 0 bridgehead atoms. The Hall–Kier alpha value is -4.23. The van der Waals surface area contributed by atoms with Gasteiger partial charge in [-0.05, 0) is 30.7 Å². The number of nitrogen functional groups attached to an aromatic ring is 1. The van der Waals surface area contributed by atoms with Gasteiger partial charge in [-0.3, -0.25) is 24.0 Å². The van der Waals surface area contributed by atoms with Gasteiger partial charge in [-0.2, -0.15) is 4.98 Å². The number of carbonyl (C=O) groups is 5. The van der Waals surface area contributed by atoms with E-state index < -0.39 is 72.3 Å². The summed E-state index contributed by atoms with van der Waals surface area (Å²) in [4.78, 5) is 86.8. The molecular formula is C28H36CaN8O10. The molecule has 18 nitrogen and oxygen atoms in total. The van der Waals surface area contributed by atoms with E-state index in [-0.39, 0.29) is 79.9 Å². The number of nitrogens with two attached hydrogens (primary N) is 1. The topological polar surface area (TPSA) is 289 Å². The van der Waals surface area contributed by atoms with Crippen molar-refractivity contribution < 1.29 is 44.0 Å². The number of nitrogens with zero attached hydrogens (tertiary/aromatic N) is 3. The van der Waals surface area contributed by atoms with Crippen molar-refractivity contribution in [2.45, 2.75) is 51.8 Å². The van der Waals surface area contributed by atoms with E-state index in [2.05, 4.69) is 40.6 Å². The number of carbonyl (C=O) groups excluding carboxylic acids is 4. The Morgan fingerprint density at radius 2 is 1.72 bits per heavy atom. The first-order valence-corrected chi connectivity index (χ1v) is 13.9. The molecule has 0 unspecified atom stereocenters. The van der Waals surface area contributed by atoms with E-state index in [1.807, 2.05) is 0 Å². The molecule has 250 valence electrons. The van der Waals surface area contributed by atoms with Gasteiger partial charge in [-0.25, -0.2) is 14.8 Å². The summed E-state index contributed by atoms with van der Waals surface area (Å²) in [6.45, 7) is 2.42. The Bertz CT molecular complexity index is 1670. The van der Waals surface area contributed by atoms with Crippen LogP contribution in [0.2, 0.25) is 0 Å². The van der Waals surface area contributed by atoms with E-state index in [9.17, 15) is 44.1 Å². The number of carboxylic acid groups (broad SMARTS) is 1. The third-order valence-electron chi connectivity index (χ3n) is 6.61. The Labute approximate surface area is 296 Å². The maximum atomic E-state index is 12.7. The average Bonchev–Trinajstić information content (AvgIpc) is 3.01. The minimum atomic E-state index is -1.53. The summed E-state index contributed by atoms with van der Waals surface area (Å²) < 4.78 is 4.62. The summed E-state index contributed by atoms with van der Waals surface area (Å²) in [6, 6.07) is 4.54. The fourth-order valence-electron chi connectivity index (χ4n) is 3.81. The van der Waals surface area contributed by atoms with E-state index >= 15 is 0 Å². The molecule has 0 aliphatic rings. The number of hydrogen-bond acceptors (Lipinski definition) is 14. The molecule has 0 saturated carbocycles. The van der Waals surface area contributed by atoms with E-state index in [0.717, 1.165) is 0 Å². The molecular weight excluding hydrogens is 648 g/mol. The molecule has 0 spiro atoms. The second-order valence-electron chi connectivity index (χ2n) is 10.8. The van der Waals surface area contributed by atoms with Crippen LogP contribution in [-0.4, -0.2) is 128 Å². The summed E-state index contributed by atoms with van der Waals surface area (Å²) in [5.74, 6) is -5.05. The van der Waals surface area contributed by atoms with Crippen LogP contribution in [0.3, 0.4) is 0 Å². The minimum absolute atomic E-state index is 0.